The van der Waals surface area contributed by atoms with E-state index >= 15 is 0 Å². The van der Waals surface area contributed by atoms with Crippen LogP contribution in [0.5, 0.6) is 0 Å². The third kappa shape index (κ3) is 3.74. The molecule has 25 heavy (non-hydrogen) atoms. The molecule has 0 amide bonds. The molecule has 0 bridgehead atoms. The molecule has 0 saturated heterocycles. The van der Waals surface area contributed by atoms with Gasteiger partial charge < -0.3 is 5.11 Å². The summed E-state index contributed by atoms with van der Waals surface area (Å²) in [5, 5.41) is 15.7. The van der Waals surface area contributed by atoms with Gasteiger partial charge in [0.05, 0.1) is 10.9 Å². The number of allylic oxidation sites excluding steroid dienone is 2. The van der Waals surface area contributed by atoms with E-state index in [0.29, 0.717) is 0 Å². The third-order valence-corrected chi connectivity index (χ3v) is 8.08. The molecule has 3 rings (SSSR count). The van der Waals surface area contributed by atoms with E-state index in [-0.39, 0.29) is 5.25 Å². The van der Waals surface area contributed by atoms with Crippen molar-refractivity contribution in [2.45, 2.75) is 31.6 Å². The van der Waals surface area contributed by atoms with E-state index in [0.717, 1.165) is 6.54 Å². The maximum atomic E-state index is 11.1. The minimum Gasteiger partial charge on any atom is -0.389 e. The fourth-order valence-electron chi connectivity index (χ4n) is 3.58. The molecule has 2 aromatic rings. The number of hydrogen-bond acceptors (Lipinski definition) is 2. The fraction of sp³-hybridized carbons (Fsp3) is 0.273. The molecule has 1 heterocycles. The SMILES string of the molecule is CCNS1(C(c2ccccc2)C(C)(C)O)C=CC(c2ccccc2)=C1. The van der Waals surface area contributed by atoms with Gasteiger partial charge in [-0.25, -0.2) is 0 Å². The van der Waals surface area contributed by atoms with Crippen molar-refractivity contribution in [1.82, 2.24) is 4.72 Å². The number of aliphatic hydroxyl groups is 1. The van der Waals surface area contributed by atoms with Gasteiger partial charge in [-0.15, -0.1) is 10.2 Å². The van der Waals surface area contributed by atoms with Gasteiger partial charge in [0.15, 0.2) is 0 Å². The zero-order valence-electron chi connectivity index (χ0n) is 15.1. The van der Waals surface area contributed by atoms with Crippen LogP contribution in [0.3, 0.4) is 0 Å². The number of nitrogens with one attached hydrogen (secondary N) is 1. The highest BCUT2D eigenvalue weighted by molar-refractivity contribution is 8.37. The molecule has 0 saturated carbocycles. The summed E-state index contributed by atoms with van der Waals surface area (Å²) in [4.78, 5) is 0. The monoisotopic (exact) mass is 353 g/mol. The van der Waals surface area contributed by atoms with Crippen LogP contribution in [0.15, 0.2) is 77.6 Å². The fourth-order valence-corrected chi connectivity index (χ4v) is 7.36. The third-order valence-electron chi connectivity index (χ3n) is 4.43. The van der Waals surface area contributed by atoms with E-state index in [1.165, 1.54) is 16.7 Å². The number of hydrogen-bond donors (Lipinski definition) is 2. The molecule has 0 fully saturated rings. The van der Waals surface area contributed by atoms with Crippen LogP contribution in [0.4, 0.5) is 0 Å². The van der Waals surface area contributed by atoms with Crippen molar-refractivity contribution in [1.29, 1.82) is 0 Å². The van der Waals surface area contributed by atoms with E-state index in [1.54, 1.807) is 0 Å². The summed E-state index contributed by atoms with van der Waals surface area (Å²) in [7, 11) is -1.50. The smallest absolute Gasteiger partial charge is 0.0753 e. The van der Waals surface area contributed by atoms with E-state index in [9.17, 15) is 5.11 Å². The lowest BCUT2D eigenvalue weighted by atomic mass is 9.98. The van der Waals surface area contributed by atoms with Crippen LogP contribution in [-0.2, 0) is 0 Å². The molecule has 1 aliphatic rings. The lowest BCUT2D eigenvalue weighted by molar-refractivity contribution is 0.0765. The van der Waals surface area contributed by atoms with Crippen molar-refractivity contribution < 1.29 is 5.11 Å². The van der Waals surface area contributed by atoms with Gasteiger partial charge >= 0.3 is 0 Å². The Bertz CT molecular complexity index is 762. The van der Waals surface area contributed by atoms with E-state index in [1.807, 2.05) is 38.1 Å². The van der Waals surface area contributed by atoms with Crippen molar-refractivity contribution in [2.75, 3.05) is 6.54 Å². The standard InChI is InChI=1S/C22H27NOS/c1-4-23-25(16-15-20(17-25)18-11-7-5-8-12-18)21(22(2,3)24)19-13-9-6-10-14-19/h5-17,21,23-24H,4H2,1-3H3. The molecule has 0 aliphatic carbocycles. The summed E-state index contributed by atoms with van der Waals surface area (Å²) < 4.78 is 3.72. The van der Waals surface area contributed by atoms with Crippen molar-refractivity contribution in [3.05, 3.63) is 88.7 Å². The van der Waals surface area contributed by atoms with Gasteiger partial charge in [-0.1, -0.05) is 67.6 Å². The van der Waals surface area contributed by atoms with Gasteiger partial charge in [-0.2, -0.15) is 0 Å². The summed E-state index contributed by atoms with van der Waals surface area (Å²) >= 11 is 0. The Labute approximate surface area is 152 Å². The van der Waals surface area contributed by atoms with Crippen LogP contribution in [0.2, 0.25) is 0 Å². The minimum absolute atomic E-state index is 0.0152. The summed E-state index contributed by atoms with van der Waals surface area (Å²) in [6.07, 6.45) is 2.20. The lowest BCUT2D eigenvalue weighted by Crippen LogP contribution is -2.36. The normalized spacial score (nSPS) is 23.8. The first-order chi connectivity index (χ1) is 12.0. The molecule has 3 heteroatoms. The topological polar surface area (TPSA) is 32.3 Å². The molecule has 0 aromatic heterocycles. The van der Waals surface area contributed by atoms with Crippen molar-refractivity contribution in [2.24, 2.45) is 0 Å². The molecular formula is C22H27NOS. The van der Waals surface area contributed by atoms with Crippen molar-refractivity contribution >= 4 is 15.8 Å². The molecule has 132 valence electrons. The Morgan fingerprint density at radius 2 is 1.60 bits per heavy atom. The number of rotatable bonds is 6. The van der Waals surface area contributed by atoms with Crippen LogP contribution in [0.1, 0.15) is 37.1 Å². The van der Waals surface area contributed by atoms with E-state index < -0.39 is 15.8 Å². The van der Waals surface area contributed by atoms with Crippen LogP contribution in [-0.4, -0.2) is 17.3 Å². The Hall–Kier alpha value is -1.81. The van der Waals surface area contributed by atoms with Crippen LogP contribution in [0, 0.1) is 0 Å². The highest BCUT2D eigenvalue weighted by Gasteiger charge is 2.42. The van der Waals surface area contributed by atoms with Crippen LogP contribution >= 0.6 is 10.2 Å². The summed E-state index contributed by atoms with van der Waals surface area (Å²) in [5.74, 6) is 0. The Kier molecular flexibility index (Phi) is 5.19. The Morgan fingerprint density at radius 3 is 2.16 bits per heavy atom. The van der Waals surface area contributed by atoms with Crippen LogP contribution < -0.4 is 4.72 Å². The molecule has 2 N–H and O–H groups in total. The molecule has 0 spiro atoms. The quantitative estimate of drug-likeness (QED) is 0.729. The predicted octanol–water partition coefficient (Wildman–Crippen LogP) is 5.40. The molecule has 2 unspecified atom stereocenters. The first-order valence-electron chi connectivity index (χ1n) is 8.75. The first-order valence-corrected chi connectivity index (χ1v) is 10.6. The Balaban J connectivity index is 2.11. The first kappa shape index (κ1) is 18.0. The molecule has 2 nitrogen and oxygen atoms in total. The highest BCUT2D eigenvalue weighted by atomic mass is 32.3. The number of benzene rings is 2. The molecule has 1 aliphatic heterocycles. The van der Waals surface area contributed by atoms with Gasteiger partial charge in [0.1, 0.15) is 0 Å². The zero-order chi connectivity index (χ0) is 17.9. The Morgan fingerprint density at radius 1 is 1.00 bits per heavy atom. The van der Waals surface area contributed by atoms with Gasteiger partial charge in [0, 0.05) is 6.54 Å². The average Bonchev–Trinajstić information content (AvgIpc) is 3.00. The highest BCUT2D eigenvalue weighted by Crippen LogP contribution is 2.66. The minimum atomic E-state index is -1.50. The van der Waals surface area contributed by atoms with Gasteiger partial charge in [-0.3, -0.25) is 4.72 Å². The maximum Gasteiger partial charge on any atom is 0.0753 e. The van der Waals surface area contributed by atoms with Gasteiger partial charge in [-0.05, 0) is 47.4 Å². The summed E-state index contributed by atoms with van der Waals surface area (Å²) in [6, 6.07) is 20.8. The van der Waals surface area contributed by atoms with Crippen LogP contribution in [0.25, 0.3) is 5.57 Å². The second-order valence-electron chi connectivity index (χ2n) is 6.95. The zero-order valence-corrected chi connectivity index (χ0v) is 16.0. The van der Waals surface area contributed by atoms with Crippen molar-refractivity contribution in [3.8, 4) is 0 Å². The lowest BCUT2D eigenvalue weighted by Gasteiger charge is -2.46. The van der Waals surface area contributed by atoms with Gasteiger partial charge in [0.25, 0.3) is 0 Å². The second-order valence-corrected chi connectivity index (χ2v) is 9.74. The molecule has 2 aromatic carbocycles. The van der Waals surface area contributed by atoms with Gasteiger partial charge in [0.2, 0.25) is 0 Å². The van der Waals surface area contributed by atoms with E-state index in [2.05, 4.69) is 64.9 Å². The van der Waals surface area contributed by atoms with E-state index in [4.69, 9.17) is 0 Å². The summed E-state index contributed by atoms with van der Waals surface area (Å²) in [6.45, 7) is 6.82. The van der Waals surface area contributed by atoms with Crippen molar-refractivity contribution in [3.63, 3.8) is 0 Å². The molecule has 0 radical (unpaired) electrons. The predicted molar refractivity (Wildman–Crippen MR) is 110 cm³/mol. The molecule has 2 atom stereocenters. The average molecular weight is 354 g/mol. The largest absolute Gasteiger partial charge is 0.389 e. The second kappa shape index (κ2) is 7.20. The molecular weight excluding hydrogens is 326 g/mol. The maximum absolute atomic E-state index is 11.1. The summed E-state index contributed by atoms with van der Waals surface area (Å²) in [5.41, 5.74) is 2.77.